The molecule has 2 fully saturated rings. The maximum atomic E-state index is 12.7. The van der Waals surface area contributed by atoms with E-state index in [-0.39, 0.29) is 24.5 Å². The molecule has 120 valence electrons. The highest BCUT2D eigenvalue weighted by Crippen LogP contribution is 2.27. The van der Waals surface area contributed by atoms with Crippen LogP contribution in [0.25, 0.3) is 0 Å². The van der Waals surface area contributed by atoms with Gasteiger partial charge in [0.2, 0.25) is 5.91 Å². The standard InChI is InChI=1S/C15H21N3O3S/c1-9-14(22-10(2)16-9)15(20)18-5-4-11-7-21-8-13(19)17(3)12(11)6-18/h11-12H,4-8H2,1-3H3/t11-,12-/m0/s1. The van der Waals surface area contributed by atoms with Crippen molar-refractivity contribution in [1.82, 2.24) is 14.8 Å². The molecule has 2 amide bonds. The zero-order chi connectivity index (χ0) is 15.9. The van der Waals surface area contributed by atoms with E-state index >= 15 is 0 Å². The van der Waals surface area contributed by atoms with Gasteiger partial charge in [0, 0.05) is 26.1 Å². The van der Waals surface area contributed by atoms with Crippen LogP contribution in [0.5, 0.6) is 0 Å². The van der Waals surface area contributed by atoms with E-state index in [1.54, 1.807) is 4.90 Å². The number of aryl methyl sites for hydroxylation is 2. The Hall–Kier alpha value is -1.47. The Bertz CT molecular complexity index is 601. The zero-order valence-electron chi connectivity index (χ0n) is 13.2. The molecule has 6 nitrogen and oxygen atoms in total. The van der Waals surface area contributed by atoms with Crippen LogP contribution in [0, 0.1) is 19.8 Å². The summed E-state index contributed by atoms with van der Waals surface area (Å²) < 4.78 is 5.45. The summed E-state index contributed by atoms with van der Waals surface area (Å²) in [4.78, 5) is 33.4. The van der Waals surface area contributed by atoms with Gasteiger partial charge in [-0.3, -0.25) is 9.59 Å². The average Bonchev–Trinajstić information content (AvgIpc) is 2.77. The molecule has 0 unspecified atom stereocenters. The van der Waals surface area contributed by atoms with Gasteiger partial charge in [0.1, 0.15) is 11.5 Å². The summed E-state index contributed by atoms with van der Waals surface area (Å²) in [6.07, 6.45) is 0.866. The summed E-state index contributed by atoms with van der Waals surface area (Å²) in [7, 11) is 1.81. The minimum absolute atomic E-state index is 0.00776. The van der Waals surface area contributed by atoms with Crippen LogP contribution in [0.2, 0.25) is 0 Å². The predicted molar refractivity (Wildman–Crippen MR) is 83.0 cm³/mol. The highest BCUT2D eigenvalue weighted by molar-refractivity contribution is 7.13. The molecular weight excluding hydrogens is 302 g/mol. The first kappa shape index (κ1) is 15.4. The van der Waals surface area contributed by atoms with Crippen molar-refractivity contribution < 1.29 is 14.3 Å². The number of likely N-dealkylation sites (tertiary alicyclic amines) is 1. The maximum absolute atomic E-state index is 12.7. The molecule has 0 spiro atoms. The number of hydrogen-bond donors (Lipinski definition) is 0. The van der Waals surface area contributed by atoms with Crippen molar-refractivity contribution in [2.75, 3.05) is 33.4 Å². The van der Waals surface area contributed by atoms with Gasteiger partial charge >= 0.3 is 0 Å². The van der Waals surface area contributed by atoms with Crippen LogP contribution < -0.4 is 0 Å². The second kappa shape index (κ2) is 5.96. The lowest BCUT2D eigenvalue weighted by Crippen LogP contribution is -2.54. The summed E-state index contributed by atoms with van der Waals surface area (Å²) in [6, 6.07) is 0.0435. The van der Waals surface area contributed by atoms with E-state index in [4.69, 9.17) is 4.74 Å². The fourth-order valence-corrected chi connectivity index (χ4v) is 4.14. The van der Waals surface area contributed by atoms with Gasteiger partial charge in [-0.05, 0) is 20.3 Å². The molecule has 0 N–H and O–H groups in total. The molecule has 2 atom stereocenters. The van der Waals surface area contributed by atoms with Crippen LogP contribution in [-0.4, -0.2) is 66.0 Å². The predicted octanol–water partition coefficient (Wildman–Crippen LogP) is 1.08. The lowest BCUT2D eigenvalue weighted by atomic mass is 9.91. The summed E-state index contributed by atoms with van der Waals surface area (Å²) >= 11 is 1.44. The Morgan fingerprint density at radius 2 is 2.18 bits per heavy atom. The van der Waals surface area contributed by atoms with Gasteiger partial charge in [0.15, 0.2) is 0 Å². The number of amides is 2. The molecule has 3 heterocycles. The van der Waals surface area contributed by atoms with Crippen LogP contribution in [-0.2, 0) is 9.53 Å². The number of carbonyl (C=O) groups is 2. The number of piperidine rings is 1. The Morgan fingerprint density at radius 3 is 2.86 bits per heavy atom. The van der Waals surface area contributed by atoms with Gasteiger partial charge in [0.05, 0.1) is 23.4 Å². The Balaban J connectivity index is 1.78. The number of nitrogens with zero attached hydrogens (tertiary/aromatic N) is 3. The molecule has 2 aliphatic heterocycles. The van der Waals surface area contributed by atoms with Crippen LogP contribution in [0.4, 0.5) is 0 Å². The van der Waals surface area contributed by atoms with E-state index < -0.39 is 0 Å². The van der Waals surface area contributed by atoms with Gasteiger partial charge < -0.3 is 14.5 Å². The van der Waals surface area contributed by atoms with Gasteiger partial charge in [0.25, 0.3) is 5.91 Å². The van der Waals surface area contributed by atoms with Crippen molar-refractivity contribution in [1.29, 1.82) is 0 Å². The highest BCUT2D eigenvalue weighted by atomic mass is 32.1. The number of hydrogen-bond acceptors (Lipinski definition) is 5. The fraction of sp³-hybridized carbons (Fsp3) is 0.667. The number of likely N-dealkylation sites (N-methyl/N-ethyl adjacent to an activating group) is 1. The Kier molecular flexibility index (Phi) is 4.18. The molecule has 3 rings (SSSR count). The molecule has 0 saturated carbocycles. The molecule has 22 heavy (non-hydrogen) atoms. The SMILES string of the molecule is Cc1nc(C)c(C(=O)N2CC[C@H]3COCC(=O)N(C)[C@H]3C2)s1. The number of ether oxygens (including phenoxy) is 1. The second-order valence-corrected chi connectivity index (χ2v) is 7.24. The first-order valence-corrected chi connectivity index (χ1v) is 8.35. The van der Waals surface area contributed by atoms with Crippen molar-refractivity contribution in [3.8, 4) is 0 Å². The monoisotopic (exact) mass is 323 g/mol. The lowest BCUT2D eigenvalue weighted by molar-refractivity contribution is -0.134. The van der Waals surface area contributed by atoms with E-state index in [2.05, 4.69) is 4.98 Å². The maximum Gasteiger partial charge on any atom is 0.265 e. The molecule has 0 aromatic carbocycles. The number of rotatable bonds is 1. The molecule has 2 aliphatic rings. The molecule has 2 saturated heterocycles. The van der Waals surface area contributed by atoms with Gasteiger partial charge in [-0.25, -0.2) is 4.98 Å². The van der Waals surface area contributed by atoms with Crippen LogP contribution >= 0.6 is 11.3 Å². The van der Waals surface area contributed by atoms with E-state index in [0.29, 0.717) is 25.6 Å². The van der Waals surface area contributed by atoms with Crippen molar-refractivity contribution in [3.05, 3.63) is 15.6 Å². The van der Waals surface area contributed by atoms with Crippen LogP contribution in [0.3, 0.4) is 0 Å². The molecule has 0 radical (unpaired) electrons. The third-order valence-corrected chi connectivity index (χ3v) is 5.62. The lowest BCUT2D eigenvalue weighted by Gasteiger charge is -2.40. The number of fused-ring (bicyclic) bond motifs is 1. The quantitative estimate of drug-likeness (QED) is 0.776. The first-order chi connectivity index (χ1) is 10.5. The molecule has 7 heteroatoms. The van der Waals surface area contributed by atoms with Crippen molar-refractivity contribution in [3.63, 3.8) is 0 Å². The molecular formula is C15H21N3O3S. The van der Waals surface area contributed by atoms with E-state index in [9.17, 15) is 9.59 Å². The number of aromatic nitrogens is 1. The third kappa shape index (κ3) is 2.75. The molecule has 1 aromatic heterocycles. The topological polar surface area (TPSA) is 62.7 Å². The van der Waals surface area contributed by atoms with E-state index in [1.165, 1.54) is 11.3 Å². The Labute approximate surface area is 134 Å². The van der Waals surface area contributed by atoms with Crippen molar-refractivity contribution >= 4 is 23.2 Å². The van der Waals surface area contributed by atoms with Gasteiger partial charge in [-0.2, -0.15) is 0 Å². The average molecular weight is 323 g/mol. The van der Waals surface area contributed by atoms with Crippen molar-refractivity contribution in [2.45, 2.75) is 26.3 Å². The van der Waals surface area contributed by atoms with E-state index in [1.807, 2.05) is 25.8 Å². The smallest absolute Gasteiger partial charge is 0.265 e. The van der Waals surface area contributed by atoms with Crippen LogP contribution in [0.1, 0.15) is 26.8 Å². The second-order valence-electron chi connectivity index (χ2n) is 6.03. The Morgan fingerprint density at radius 1 is 1.41 bits per heavy atom. The first-order valence-electron chi connectivity index (χ1n) is 7.54. The number of thiazole rings is 1. The summed E-state index contributed by atoms with van der Waals surface area (Å²) in [5.41, 5.74) is 0.795. The van der Waals surface area contributed by atoms with Gasteiger partial charge in [-0.1, -0.05) is 0 Å². The minimum Gasteiger partial charge on any atom is -0.371 e. The fourth-order valence-electron chi connectivity index (χ4n) is 3.26. The third-order valence-electron chi connectivity index (χ3n) is 4.55. The zero-order valence-corrected chi connectivity index (χ0v) is 14.0. The number of carbonyl (C=O) groups excluding carboxylic acids is 2. The minimum atomic E-state index is -0.00776. The van der Waals surface area contributed by atoms with Crippen LogP contribution in [0.15, 0.2) is 0 Å². The molecule has 0 bridgehead atoms. The molecule has 1 aromatic rings. The van der Waals surface area contributed by atoms with E-state index in [0.717, 1.165) is 22.0 Å². The summed E-state index contributed by atoms with van der Waals surface area (Å²) in [5.74, 6) is 0.337. The van der Waals surface area contributed by atoms with Gasteiger partial charge in [-0.15, -0.1) is 11.3 Å². The highest BCUT2D eigenvalue weighted by Gasteiger charge is 2.38. The summed E-state index contributed by atoms with van der Waals surface area (Å²) in [5, 5.41) is 0.908. The normalized spacial score (nSPS) is 25.9. The largest absolute Gasteiger partial charge is 0.371 e. The summed E-state index contributed by atoms with van der Waals surface area (Å²) in [6.45, 7) is 5.81. The molecule has 0 aliphatic carbocycles. The van der Waals surface area contributed by atoms with Crippen molar-refractivity contribution in [2.24, 2.45) is 5.92 Å².